The van der Waals surface area contributed by atoms with Gasteiger partial charge in [0.05, 0.1) is 6.54 Å². The number of terminal acetylenes is 1. The lowest BCUT2D eigenvalue weighted by Gasteiger charge is -2.21. The predicted octanol–water partition coefficient (Wildman–Crippen LogP) is 2.38. The molecule has 0 radical (unpaired) electrons. The van der Waals surface area contributed by atoms with Crippen LogP contribution in [0.1, 0.15) is 36.7 Å². The number of hydrogen-bond acceptors (Lipinski definition) is 1. The zero-order chi connectivity index (χ0) is 13.0. The minimum absolute atomic E-state index is 0.0679. The highest BCUT2D eigenvalue weighted by atomic mass is 16.2. The molecule has 0 spiro atoms. The van der Waals surface area contributed by atoms with Crippen molar-refractivity contribution in [2.75, 3.05) is 13.1 Å². The smallest absolute Gasteiger partial charge is 0.271 e. The van der Waals surface area contributed by atoms with Crippen LogP contribution in [-0.2, 0) is 6.54 Å². The third-order valence-electron chi connectivity index (χ3n) is 3.26. The molecule has 0 bridgehead atoms. The highest BCUT2D eigenvalue weighted by Gasteiger charge is 2.27. The number of aromatic nitrogens is 1. The average Bonchev–Trinajstić information content (AvgIpc) is 3.06. The molecule has 1 aliphatic rings. The Morgan fingerprint density at radius 2 is 2.39 bits per heavy atom. The van der Waals surface area contributed by atoms with E-state index in [0.29, 0.717) is 12.5 Å². The Labute approximate surface area is 109 Å². The second kappa shape index (κ2) is 5.77. The van der Waals surface area contributed by atoms with E-state index in [9.17, 15) is 4.79 Å². The fraction of sp³-hybridized carbons (Fsp3) is 0.533. The summed E-state index contributed by atoms with van der Waals surface area (Å²) in [4.78, 5) is 14.3. The maximum Gasteiger partial charge on any atom is 0.271 e. The predicted molar refractivity (Wildman–Crippen MR) is 72.2 cm³/mol. The highest BCUT2D eigenvalue weighted by molar-refractivity contribution is 5.93. The van der Waals surface area contributed by atoms with Gasteiger partial charge in [0.15, 0.2) is 0 Å². The van der Waals surface area contributed by atoms with Gasteiger partial charge in [-0.15, -0.1) is 6.42 Å². The second-order valence-electron chi connectivity index (χ2n) is 4.92. The van der Waals surface area contributed by atoms with E-state index in [1.165, 1.54) is 12.8 Å². The molecule has 1 aromatic heterocycles. The molecule has 1 aliphatic carbocycles. The van der Waals surface area contributed by atoms with Crippen LogP contribution in [0, 0.1) is 18.3 Å². The third kappa shape index (κ3) is 2.95. The molecule has 1 fully saturated rings. The fourth-order valence-electron chi connectivity index (χ4n) is 2.15. The number of rotatable bonds is 6. The first kappa shape index (κ1) is 12.8. The van der Waals surface area contributed by atoms with E-state index < -0.39 is 0 Å². The minimum Gasteiger partial charge on any atom is -0.344 e. The summed E-state index contributed by atoms with van der Waals surface area (Å²) >= 11 is 0. The molecule has 0 unspecified atom stereocenters. The average molecular weight is 244 g/mol. The molecule has 1 heterocycles. The Morgan fingerprint density at radius 3 is 3.00 bits per heavy atom. The third-order valence-corrected chi connectivity index (χ3v) is 3.26. The molecule has 2 rings (SSSR count). The van der Waals surface area contributed by atoms with Gasteiger partial charge in [0.25, 0.3) is 5.91 Å². The molecule has 0 atom stereocenters. The van der Waals surface area contributed by atoms with Crippen molar-refractivity contribution in [3.63, 3.8) is 0 Å². The summed E-state index contributed by atoms with van der Waals surface area (Å²) in [6, 6.07) is 3.81. The molecule has 0 N–H and O–H groups in total. The summed E-state index contributed by atoms with van der Waals surface area (Å²) in [6.45, 7) is 4.20. The first-order chi connectivity index (χ1) is 8.76. The first-order valence-corrected chi connectivity index (χ1v) is 6.64. The van der Waals surface area contributed by atoms with Crippen molar-refractivity contribution in [2.45, 2.75) is 32.7 Å². The molecular formula is C15H20N2O. The van der Waals surface area contributed by atoms with Gasteiger partial charge in [-0.3, -0.25) is 4.79 Å². The van der Waals surface area contributed by atoms with E-state index in [0.717, 1.165) is 25.2 Å². The maximum absolute atomic E-state index is 12.5. The Bertz CT molecular complexity index is 451. The number of nitrogens with zero attached hydrogens (tertiary/aromatic N) is 2. The monoisotopic (exact) mass is 244 g/mol. The van der Waals surface area contributed by atoms with Gasteiger partial charge in [-0.05, 0) is 37.3 Å². The van der Waals surface area contributed by atoms with Gasteiger partial charge < -0.3 is 9.47 Å². The topological polar surface area (TPSA) is 25.2 Å². The van der Waals surface area contributed by atoms with Crippen molar-refractivity contribution >= 4 is 5.91 Å². The summed E-state index contributed by atoms with van der Waals surface area (Å²) < 4.78 is 2.01. The molecule has 0 aliphatic heterocycles. The molecule has 0 saturated heterocycles. The van der Waals surface area contributed by atoms with Crippen LogP contribution in [0.3, 0.4) is 0 Å². The Kier molecular flexibility index (Phi) is 4.09. The van der Waals surface area contributed by atoms with Crippen molar-refractivity contribution < 1.29 is 4.79 Å². The quantitative estimate of drug-likeness (QED) is 0.705. The summed E-state index contributed by atoms with van der Waals surface area (Å²) in [7, 11) is 0. The molecular weight excluding hydrogens is 224 g/mol. The molecule has 1 amide bonds. The Balaban J connectivity index is 2.10. The van der Waals surface area contributed by atoms with E-state index in [1.807, 2.05) is 22.9 Å². The standard InChI is InChI=1S/C15H20N2O/c1-3-9-16-11-5-6-14(16)15(18)17(10-4-2)12-13-7-8-13/h2,5-6,11,13H,3,7-10,12H2,1H3. The molecule has 96 valence electrons. The number of aryl methyl sites for hydroxylation is 1. The molecule has 3 heteroatoms. The van der Waals surface area contributed by atoms with Gasteiger partial charge in [0.2, 0.25) is 0 Å². The molecule has 3 nitrogen and oxygen atoms in total. The van der Waals surface area contributed by atoms with Crippen molar-refractivity contribution in [1.82, 2.24) is 9.47 Å². The van der Waals surface area contributed by atoms with Crippen LogP contribution in [0.25, 0.3) is 0 Å². The van der Waals surface area contributed by atoms with Gasteiger partial charge in [0.1, 0.15) is 5.69 Å². The molecule has 1 aromatic rings. The van der Waals surface area contributed by atoms with E-state index in [1.54, 1.807) is 4.90 Å². The highest BCUT2D eigenvalue weighted by Crippen LogP contribution is 2.30. The molecule has 1 saturated carbocycles. The van der Waals surface area contributed by atoms with Gasteiger partial charge in [0, 0.05) is 19.3 Å². The van der Waals surface area contributed by atoms with Gasteiger partial charge in [-0.2, -0.15) is 0 Å². The van der Waals surface area contributed by atoms with Gasteiger partial charge in [-0.25, -0.2) is 0 Å². The van der Waals surface area contributed by atoms with Crippen LogP contribution >= 0.6 is 0 Å². The molecule has 18 heavy (non-hydrogen) atoms. The van der Waals surface area contributed by atoms with Crippen molar-refractivity contribution in [3.05, 3.63) is 24.0 Å². The van der Waals surface area contributed by atoms with Crippen molar-refractivity contribution in [3.8, 4) is 12.3 Å². The maximum atomic E-state index is 12.5. The Morgan fingerprint density at radius 1 is 1.61 bits per heavy atom. The van der Waals surface area contributed by atoms with E-state index >= 15 is 0 Å². The van der Waals surface area contributed by atoms with Crippen LogP contribution in [-0.4, -0.2) is 28.5 Å². The first-order valence-electron chi connectivity index (χ1n) is 6.64. The summed E-state index contributed by atoms with van der Waals surface area (Å²) in [5.41, 5.74) is 0.757. The number of carbonyl (C=O) groups is 1. The number of amides is 1. The van der Waals surface area contributed by atoms with Gasteiger partial charge in [-0.1, -0.05) is 12.8 Å². The zero-order valence-corrected chi connectivity index (χ0v) is 10.9. The van der Waals surface area contributed by atoms with Crippen molar-refractivity contribution in [1.29, 1.82) is 0 Å². The number of carbonyl (C=O) groups excluding carboxylic acids is 1. The normalized spacial score (nSPS) is 14.2. The lowest BCUT2D eigenvalue weighted by Crippen LogP contribution is -2.34. The summed E-state index contributed by atoms with van der Waals surface area (Å²) in [6.07, 6.45) is 10.8. The second-order valence-corrected chi connectivity index (χ2v) is 4.92. The summed E-state index contributed by atoms with van der Waals surface area (Å²) in [5.74, 6) is 3.32. The fourth-order valence-corrected chi connectivity index (χ4v) is 2.15. The lowest BCUT2D eigenvalue weighted by atomic mass is 10.3. The van der Waals surface area contributed by atoms with Crippen LogP contribution in [0.5, 0.6) is 0 Å². The SMILES string of the molecule is C#CCN(CC1CC1)C(=O)c1cccn1CCC. The van der Waals surface area contributed by atoms with Crippen LogP contribution in [0.15, 0.2) is 18.3 Å². The van der Waals surface area contributed by atoms with Crippen LogP contribution in [0.4, 0.5) is 0 Å². The number of hydrogen-bond donors (Lipinski definition) is 0. The summed E-state index contributed by atoms with van der Waals surface area (Å²) in [5, 5.41) is 0. The van der Waals surface area contributed by atoms with E-state index in [2.05, 4.69) is 12.8 Å². The van der Waals surface area contributed by atoms with Crippen LogP contribution in [0.2, 0.25) is 0 Å². The van der Waals surface area contributed by atoms with Crippen LogP contribution < -0.4 is 0 Å². The largest absolute Gasteiger partial charge is 0.344 e. The molecule has 0 aromatic carbocycles. The minimum atomic E-state index is 0.0679. The van der Waals surface area contributed by atoms with Gasteiger partial charge >= 0.3 is 0 Å². The Hall–Kier alpha value is -1.69. The van der Waals surface area contributed by atoms with Crippen molar-refractivity contribution in [2.24, 2.45) is 5.92 Å². The zero-order valence-electron chi connectivity index (χ0n) is 10.9. The van der Waals surface area contributed by atoms with E-state index in [4.69, 9.17) is 6.42 Å². The van der Waals surface area contributed by atoms with E-state index in [-0.39, 0.29) is 5.91 Å². The lowest BCUT2D eigenvalue weighted by molar-refractivity contribution is 0.0759.